The lowest BCUT2D eigenvalue weighted by molar-refractivity contribution is 0.638. The monoisotopic (exact) mass is 246 g/mol. The van der Waals surface area contributed by atoms with E-state index in [2.05, 4.69) is 10.4 Å². The predicted octanol–water partition coefficient (Wildman–Crippen LogP) is 1.63. The number of benzene rings is 1. The number of aromatic nitrogens is 2. The van der Waals surface area contributed by atoms with E-state index in [4.69, 9.17) is 18.0 Å². The van der Waals surface area contributed by atoms with Gasteiger partial charge in [-0.2, -0.15) is 5.10 Å². The van der Waals surface area contributed by atoms with Gasteiger partial charge in [0.2, 0.25) is 0 Å². The molecule has 0 aliphatic carbocycles. The molecule has 2 aromatic rings. The number of nitrogens with zero attached hydrogens (tertiary/aromatic N) is 2. The zero-order chi connectivity index (χ0) is 12.1. The van der Waals surface area contributed by atoms with Gasteiger partial charge < -0.3 is 11.1 Å². The molecule has 0 bridgehead atoms. The molecule has 0 aliphatic rings. The van der Waals surface area contributed by atoms with Crippen LogP contribution in [0.1, 0.15) is 5.56 Å². The lowest BCUT2D eigenvalue weighted by Gasteiger charge is -2.10. The number of para-hydroxylation sites is 1. The van der Waals surface area contributed by atoms with Gasteiger partial charge in [0.1, 0.15) is 4.99 Å². The van der Waals surface area contributed by atoms with Crippen molar-refractivity contribution in [2.45, 2.75) is 6.54 Å². The van der Waals surface area contributed by atoms with Gasteiger partial charge in [0, 0.05) is 30.2 Å². The number of hydrogen-bond acceptors (Lipinski definition) is 3. The third-order valence-electron chi connectivity index (χ3n) is 2.41. The summed E-state index contributed by atoms with van der Waals surface area (Å²) in [5.74, 6) is 0. The summed E-state index contributed by atoms with van der Waals surface area (Å²) in [5.41, 5.74) is 7.50. The van der Waals surface area contributed by atoms with Crippen molar-refractivity contribution in [3.63, 3.8) is 0 Å². The molecule has 4 nitrogen and oxygen atoms in total. The lowest BCUT2D eigenvalue weighted by atomic mass is 10.2. The first-order chi connectivity index (χ1) is 8.27. The molecule has 1 heterocycles. The Kier molecular flexibility index (Phi) is 3.72. The van der Waals surface area contributed by atoms with E-state index in [0.717, 1.165) is 24.3 Å². The molecule has 5 heteroatoms. The summed E-state index contributed by atoms with van der Waals surface area (Å²) in [6.45, 7) is 1.58. The highest BCUT2D eigenvalue weighted by Gasteiger charge is 2.02. The van der Waals surface area contributed by atoms with Crippen molar-refractivity contribution < 1.29 is 0 Å². The summed E-state index contributed by atoms with van der Waals surface area (Å²) in [4.78, 5) is 0.409. The molecule has 17 heavy (non-hydrogen) atoms. The number of nitrogens with two attached hydrogens (primary N) is 1. The van der Waals surface area contributed by atoms with Crippen LogP contribution in [0.3, 0.4) is 0 Å². The molecule has 88 valence electrons. The van der Waals surface area contributed by atoms with Gasteiger partial charge in [-0.05, 0) is 18.2 Å². The standard InChI is InChI=1S/C12H14N4S/c13-12(17)10-4-1-2-5-11(10)14-7-9-16-8-3-6-15-16/h1-6,8,14H,7,9H2,(H2,13,17). The van der Waals surface area contributed by atoms with Crippen LogP contribution in [0.15, 0.2) is 42.7 Å². The van der Waals surface area contributed by atoms with Crippen LogP contribution in [0.2, 0.25) is 0 Å². The van der Waals surface area contributed by atoms with Crippen LogP contribution in [0.5, 0.6) is 0 Å². The van der Waals surface area contributed by atoms with Crippen LogP contribution in [0, 0.1) is 0 Å². The van der Waals surface area contributed by atoms with Crippen LogP contribution in [0.4, 0.5) is 5.69 Å². The van der Waals surface area contributed by atoms with Crippen LogP contribution >= 0.6 is 12.2 Å². The molecule has 0 atom stereocenters. The predicted molar refractivity (Wildman–Crippen MR) is 73.0 cm³/mol. The van der Waals surface area contributed by atoms with E-state index in [-0.39, 0.29) is 0 Å². The fraction of sp³-hybridized carbons (Fsp3) is 0.167. The second-order valence-electron chi connectivity index (χ2n) is 3.61. The zero-order valence-corrected chi connectivity index (χ0v) is 10.2. The van der Waals surface area contributed by atoms with Crippen molar-refractivity contribution in [2.75, 3.05) is 11.9 Å². The van der Waals surface area contributed by atoms with Crippen molar-refractivity contribution in [3.8, 4) is 0 Å². The molecule has 0 spiro atoms. The van der Waals surface area contributed by atoms with E-state index in [1.165, 1.54) is 0 Å². The maximum absolute atomic E-state index is 5.65. The summed E-state index contributed by atoms with van der Waals surface area (Å²) < 4.78 is 1.87. The quantitative estimate of drug-likeness (QED) is 0.787. The minimum absolute atomic E-state index is 0.409. The van der Waals surface area contributed by atoms with Gasteiger partial charge in [0.05, 0.1) is 6.54 Å². The SMILES string of the molecule is NC(=S)c1ccccc1NCCn1cccn1. The van der Waals surface area contributed by atoms with Crippen LogP contribution in [-0.4, -0.2) is 21.3 Å². The fourth-order valence-corrected chi connectivity index (χ4v) is 1.77. The van der Waals surface area contributed by atoms with Gasteiger partial charge in [-0.15, -0.1) is 0 Å². The molecule has 0 aliphatic heterocycles. The van der Waals surface area contributed by atoms with E-state index in [1.807, 2.05) is 41.2 Å². The van der Waals surface area contributed by atoms with Crippen molar-refractivity contribution in [3.05, 3.63) is 48.3 Å². The smallest absolute Gasteiger partial charge is 0.106 e. The van der Waals surface area contributed by atoms with Crippen molar-refractivity contribution >= 4 is 22.9 Å². The Morgan fingerprint density at radius 2 is 2.18 bits per heavy atom. The number of nitrogens with one attached hydrogen (secondary N) is 1. The van der Waals surface area contributed by atoms with Crippen molar-refractivity contribution in [1.29, 1.82) is 0 Å². The van der Waals surface area contributed by atoms with Gasteiger partial charge >= 0.3 is 0 Å². The molecule has 2 rings (SSSR count). The topological polar surface area (TPSA) is 55.9 Å². The van der Waals surface area contributed by atoms with Gasteiger partial charge in [-0.3, -0.25) is 4.68 Å². The Morgan fingerprint density at radius 3 is 2.88 bits per heavy atom. The summed E-state index contributed by atoms with van der Waals surface area (Å²) >= 11 is 5.00. The molecular weight excluding hydrogens is 232 g/mol. The van der Waals surface area contributed by atoms with E-state index < -0.39 is 0 Å². The molecule has 1 aromatic carbocycles. The molecule has 0 saturated carbocycles. The normalized spacial score (nSPS) is 10.1. The first-order valence-corrected chi connectivity index (χ1v) is 5.78. The third-order valence-corrected chi connectivity index (χ3v) is 2.63. The fourth-order valence-electron chi connectivity index (χ4n) is 1.59. The van der Waals surface area contributed by atoms with E-state index >= 15 is 0 Å². The minimum Gasteiger partial charge on any atom is -0.389 e. The number of rotatable bonds is 5. The third kappa shape index (κ3) is 3.04. The van der Waals surface area contributed by atoms with E-state index in [0.29, 0.717) is 4.99 Å². The Balaban J connectivity index is 1.97. The Hall–Kier alpha value is -1.88. The zero-order valence-electron chi connectivity index (χ0n) is 9.34. The first kappa shape index (κ1) is 11.6. The van der Waals surface area contributed by atoms with Gasteiger partial charge in [0.15, 0.2) is 0 Å². The average molecular weight is 246 g/mol. The highest BCUT2D eigenvalue weighted by atomic mass is 32.1. The van der Waals surface area contributed by atoms with Crippen molar-refractivity contribution in [1.82, 2.24) is 9.78 Å². The maximum Gasteiger partial charge on any atom is 0.106 e. The molecule has 0 amide bonds. The van der Waals surface area contributed by atoms with Gasteiger partial charge in [-0.1, -0.05) is 24.4 Å². The number of thiocarbonyl (C=S) groups is 1. The maximum atomic E-state index is 5.65. The lowest BCUT2D eigenvalue weighted by Crippen LogP contribution is -2.16. The van der Waals surface area contributed by atoms with Crippen LogP contribution < -0.4 is 11.1 Å². The van der Waals surface area contributed by atoms with E-state index in [9.17, 15) is 0 Å². The van der Waals surface area contributed by atoms with Crippen LogP contribution in [0.25, 0.3) is 0 Å². The second-order valence-corrected chi connectivity index (χ2v) is 4.05. The molecule has 3 N–H and O–H groups in total. The Morgan fingerprint density at radius 1 is 1.35 bits per heavy atom. The molecule has 0 radical (unpaired) electrons. The van der Waals surface area contributed by atoms with Crippen molar-refractivity contribution in [2.24, 2.45) is 5.73 Å². The van der Waals surface area contributed by atoms with E-state index in [1.54, 1.807) is 6.20 Å². The Labute approximate surface area is 105 Å². The van der Waals surface area contributed by atoms with Gasteiger partial charge in [-0.25, -0.2) is 0 Å². The summed E-state index contributed by atoms with van der Waals surface area (Å²) in [5, 5.41) is 7.44. The molecular formula is C12H14N4S. The summed E-state index contributed by atoms with van der Waals surface area (Å²) in [6.07, 6.45) is 3.70. The minimum atomic E-state index is 0.409. The molecule has 1 aromatic heterocycles. The molecule has 0 saturated heterocycles. The molecule has 0 fully saturated rings. The highest BCUT2D eigenvalue weighted by molar-refractivity contribution is 7.80. The number of hydrogen-bond donors (Lipinski definition) is 2. The highest BCUT2D eigenvalue weighted by Crippen LogP contribution is 2.14. The Bertz CT molecular complexity index is 493. The van der Waals surface area contributed by atoms with Gasteiger partial charge in [0.25, 0.3) is 0 Å². The summed E-state index contributed by atoms with van der Waals surface area (Å²) in [7, 11) is 0. The molecule has 0 unspecified atom stereocenters. The first-order valence-electron chi connectivity index (χ1n) is 5.37. The largest absolute Gasteiger partial charge is 0.389 e. The second kappa shape index (κ2) is 5.45. The summed E-state index contributed by atoms with van der Waals surface area (Å²) in [6, 6.07) is 9.67. The number of anilines is 1. The average Bonchev–Trinajstić information content (AvgIpc) is 2.82. The van der Waals surface area contributed by atoms with Crippen LogP contribution in [-0.2, 0) is 6.54 Å².